The molecule has 1 nitrogen and oxygen atoms in total. The van der Waals surface area contributed by atoms with Crippen LogP contribution in [-0.2, 0) is 0 Å². The number of hydrogen-bond acceptors (Lipinski definition) is 2. The summed E-state index contributed by atoms with van der Waals surface area (Å²) in [5.41, 5.74) is 2.39. The van der Waals surface area contributed by atoms with Gasteiger partial charge in [-0.3, -0.25) is 0 Å². The molecule has 0 N–H and O–H groups in total. The monoisotopic (exact) mass is 446 g/mol. The standard InChI is InChI=1S/C22H23OPSSe/c1-17-11-10-12-18(2)22(17)23-19(3)25-24(26,20-13-6-4-7-14-20)21-15-8-5-9-16-21/h4-16,19H,1-3H3. The van der Waals surface area contributed by atoms with Crippen molar-refractivity contribution in [3.63, 3.8) is 0 Å². The van der Waals surface area contributed by atoms with Gasteiger partial charge in [0, 0.05) is 0 Å². The molecule has 0 saturated carbocycles. The van der Waals surface area contributed by atoms with Crippen molar-refractivity contribution in [2.75, 3.05) is 0 Å². The number of benzene rings is 3. The summed E-state index contributed by atoms with van der Waals surface area (Å²) < 4.78 is 4.65. The van der Waals surface area contributed by atoms with E-state index in [0.717, 1.165) is 5.75 Å². The van der Waals surface area contributed by atoms with Gasteiger partial charge in [-0.05, 0) is 0 Å². The second-order valence-corrected chi connectivity index (χ2v) is 16.5. The molecule has 0 aromatic heterocycles. The number of para-hydroxylation sites is 1. The van der Waals surface area contributed by atoms with Crippen LogP contribution in [0.5, 0.6) is 5.75 Å². The normalized spacial score (nSPS) is 12.6. The molecule has 3 rings (SSSR count). The van der Waals surface area contributed by atoms with Crippen LogP contribution >= 0.6 is 16.1 Å². The van der Waals surface area contributed by atoms with Crippen molar-refractivity contribution in [1.29, 1.82) is 0 Å². The molecule has 0 aliphatic carbocycles. The van der Waals surface area contributed by atoms with Crippen LogP contribution in [0, 0.1) is 13.8 Å². The van der Waals surface area contributed by atoms with E-state index in [0.29, 0.717) is 0 Å². The van der Waals surface area contributed by atoms with Crippen LogP contribution in [0.1, 0.15) is 18.1 Å². The molecule has 3 aromatic rings. The van der Waals surface area contributed by atoms with Crippen LogP contribution in [0.15, 0.2) is 78.9 Å². The van der Waals surface area contributed by atoms with E-state index in [1.165, 1.54) is 21.7 Å². The number of aryl methyl sites for hydroxylation is 2. The van der Waals surface area contributed by atoms with E-state index in [9.17, 15) is 0 Å². The Bertz CT molecular complexity index is 848. The van der Waals surface area contributed by atoms with Gasteiger partial charge >= 0.3 is 168 Å². The van der Waals surface area contributed by atoms with Crippen LogP contribution in [0.4, 0.5) is 0 Å². The Labute approximate surface area is 168 Å². The van der Waals surface area contributed by atoms with Gasteiger partial charge in [-0.15, -0.1) is 0 Å². The molecule has 0 aliphatic rings. The molecule has 0 amide bonds. The predicted molar refractivity (Wildman–Crippen MR) is 118 cm³/mol. The first kappa shape index (κ1) is 19.5. The van der Waals surface area contributed by atoms with Crippen molar-refractivity contribution in [2.45, 2.75) is 26.2 Å². The topological polar surface area (TPSA) is 9.23 Å². The Morgan fingerprint density at radius 1 is 0.769 bits per heavy atom. The molecule has 0 spiro atoms. The van der Waals surface area contributed by atoms with E-state index in [1.54, 1.807) is 0 Å². The molecule has 0 heterocycles. The van der Waals surface area contributed by atoms with Gasteiger partial charge in [0.25, 0.3) is 0 Å². The summed E-state index contributed by atoms with van der Waals surface area (Å²) in [7, 11) is 0. The van der Waals surface area contributed by atoms with Crippen LogP contribution in [0.3, 0.4) is 0 Å². The van der Waals surface area contributed by atoms with Crippen molar-refractivity contribution < 1.29 is 4.74 Å². The Morgan fingerprint density at radius 2 is 1.23 bits per heavy atom. The maximum absolute atomic E-state index is 6.39. The van der Waals surface area contributed by atoms with Crippen molar-refractivity contribution >= 4 is 41.8 Å². The molecule has 0 radical (unpaired) electrons. The minimum atomic E-state index is -1.73. The van der Waals surface area contributed by atoms with Gasteiger partial charge in [-0.25, -0.2) is 0 Å². The van der Waals surface area contributed by atoms with Gasteiger partial charge in [0.15, 0.2) is 0 Å². The zero-order valence-electron chi connectivity index (χ0n) is 15.3. The number of ether oxygens (including phenoxy) is 1. The summed E-state index contributed by atoms with van der Waals surface area (Å²) in [5, 5.41) is 2.68. The first-order valence-corrected chi connectivity index (χ1v) is 14.1. The first-order valence-electron chi connectivity index (χ1n) is 8.63. The fourth-order valence-electron chi connectivity index (χ4n) is 2.90. The average molecular weight is 445 g/mol. The molecule has 3 aromatic carbocycles. The van der Waals surface area contributed by atoms with Crippen molar-refractivity contribution in [1.82, 2.24) is 0 Å². The third kappa shape index (κ3) is 4.35. The minimum absolute atomic E-state index is 0.0322. The Balaban J connectivity index is 1.93. The summed E-state index contributed by atoms with van der Waals surface area (Å²) in [6.45, 7) is 6.36. The zero-order chi connectivity index (χ0) is 18.6. The van der Waals surface area contributed by atoms with Gasteiger partial charge in [-0.2, -0.15) is 0 Å². The third-order valence-electron chi connectivity index (χ3n) is 4.18. The second kappa shape index (κ2) is 8.63. The van der Waals surface area contributed by atoms with Crippen LogP contribution in [-0.4, -0.2) is 20.5 Å². The fourth-order valence-corrected chi connectivity index (χ4v) is 11.8. The number of rotatable bonds is 6. The van der Waals surface area contributed by atoms with Gasteiger partial charge < -0.3 is 0 Å². The summed E-state index contributed by atoms with van der Waals surface area (Å²) in [4.78, 5) is 0. The molecular weight excluding hydrogens is 422 g/mol. The number of hydrogen-bond donors (Lipinski definition) is 0. The van der Waals surface area contributed by atoms with E-state index < -0.39 is 4.71 Å². The summed E-state index contributed by atoms with van der Waals surface area (Å²) in [5.74, 6) is 1.00. The molecule has 1 atom stereocenters. The van der Waals surface area contributed by atoms with Crippen LogP contribution in [0.2, 0.25) is 0 Å². The van der Waals surface area contributed by atoms with E-state index in [4.69, 9.17) is 4.74 Å². The van der Waals surface area contributed by atoms with Crippen molar-refractivity contribution in [3.05, 3.63) is 90.0 Å². The van der Waals surface area contributed by atoms with Gasteiger partial charge in [-0.1, -0.05) is 0 Å². The molecule has 0 fully saturated rings. The third-order valence-corrected chi connectivity index (χ3v) is 14.2. The Kier molecular flexibility index (Phi) is 6.48. The summed E-state index contributed by atoms with van der Waals surface area (Å²) >= 11 is 5.46. The molecular formula is C22H23OPSSe. The van der Waals surface area contributed by atoms with Crippen molar-refractivity contribution in [2.24, 2.45) is 0 Å². The second-order valence-electron chi connectivity index (χ2n) is 6.23. The zero-order valence-corrected chi connectivity index (χ0v) is 18.7. The van der Waals surface area contributed by atoms with Gasteiger partial charge in [0.1, 0.15) is 0 Å². The van der Waals surface area contributed by atoms with E-state index in [-0.39, 0.29) is 5.44 Å². The van der Waals surface area contributed by atoms with E-state index in [1.807, 2.05) is 11.4 Å². The molecule has 0 saturated heterocycles. The quantitative estimate of drug-likeness (QED) is 0.284. The maximum atomic E-state index is 6.39. The molecule has 1 unspecified atom stereocenters. The SMILES string of the molecule is Cc1cccc(C)c1OC(C)SP(=[Se])(c1ccccc1)c1ccccc1. The Hall–Kier alpha value is -1.24. The molecule has 0 aliphatic heterocycles. The van der Waals surface area contributed by atoms with Crippen molar-refractivity contribution in [3.8, 4) is 5.75 Å². The summed E-state index contributed by atoms with van der Waals surface area (Å²) in [6, 6.07) is 27.8. The van der Waals surface area contributed by atoms with Crippen LogP contribution < -0.4 is 15.3 Å². The van der Waals surface area contributed by atoms with Gasteiger partial charge in [0.05, 0.1) is 0 Å². The van der Waals surface area contributed by atoms with E-state index >= 15 is 0 Å². The molecule has 134 valence electrons. The first-order chi connectivity index (χ1) is 12.5. The fraction of sp³-hybridized carbons (Fsp3) is 0.182. The average Bonchev–Trinajstić information content (AvgIpc) is 2.66. The predicted octanol–water partition coefficient (Wildman–Crippen LogP) is 5.43. The van der Waals surface area contributed by atoms with E-state index in [2.05, 4.69) is 115 Å². The van der Waals surface area contributed by atoms with Gasteiger partial charge in [0.2, 0.25) is 0 Å². The molecule has 26 heavy (non-hydrogen) atoms. The Morgan fingerprint density at radius 3 is 1.69 bits per heavy atom. The molecule has 4 heteroatoms. The summed E-state index contributed by atoms with van der Waals surface area (Å²) in [6.07, 6.45) is 0. The molecule has 0 bridgehead atoms. The van der Waals surface area contributed by atoms with Crippen LogP contribution in [0.25, 0.3) is 0 Å².